The molecule has 0 radical (unpaired) electrons. The van der Waals surface area contributed by atoms with Crippen LogP contribution in [0.2, 0.25) is 0 Å². The van der Waals surface area contributed by atoms with Gasteiger partial charge in [0.05, 0.1) is 13.2 Å². The minimum absolute atomic E-state index is 0.0730. The van der Waals surface area contributed by atoms with Crippen LogP contribution in [0.3, 0.4) is 0 Å². The van der Waals surface area contributed by atoms with E-state index in [0.717, 1.165) is 11.1 Å². The van der Waals surface area contributed by atoms with E-state index in [4.69, 9.17) is 19.8 Å². The SMILES string of the molecule is O=C(NC(C(=O)NO)C(=O)NCCOc1ccccc1)c1ccc(-c2ccc(OCCO)cc2)cc1. The third-order valence-electron chi connectivity index (χ3n) is 5.02. The molecule has 0 saturated heterocycles. The van der Waals surface area contributed by atoms with Gasteiger partial charge in [-0.3, -0.25) is 19.6 Å². The van der Waals surface area contributed by atoms with Gasteiger partial charge < -0.3 is 25.2 Å². The number of nitrogens with one attached hydrogen (secondary N) is 3. The van der Waals surface area contributed by atoms with Crippen LogP contribution in [0.25, 0.3) is 11.1 Å². The number of carbonyl (C=O) groups is 3. The van der Waals surface area contributed by atoms with Gasteiger partial charge in [0.1, 0.15) is 24.7 Å². The second-order valence-electron chi connectivity index (χ2n) is 7.51. The molecule has 3 rings (SSSR count). The summed E-state index contributed by atoms with van der Waals surface area (Å²) < 4.78 is 10.8. The first kappa shape index (κ1) is 26.2. The molecule has 1 atom stereocenters. The molecule has 1 unspecified atom stereocenters. The normalized spacial score (nSPS) is 11.2. The molecule has 0 bridgehead atoms. The molecule has 0 aromatic heterocycles. The number of hydroxylamine groups is 1. The van der Waals surface area contributed by atoms with Crippen molar-refractivity contribution in [2.75, 3.05) is 26.4 Å². The number of rotatable bonds is 12. The lowest BCUT2D eigenvalue weighted by Crippen LogP contribution is -2.55. The van der Waals surface area contributed by atoms with Gasteiger partial charge in [0, 0.05) is 5.56 Å². The van der Waals surface area contributed by atoms with Crippen molar-refractivity contribution in [2.24, 2.45) is 0 Å². The zero-order chi connectivity index (χ0) is 25.8. The molecule has 3 aromatic carbocycles. The molecule has 0 fully saturated rings. The zero-order valence-corrected chi connectivity index (χ0v) is 19.3. The van der Waals surface area contributed by atoms with E-state index in [1.165, 1.54) is 5.48 Å². The Kier molecular flexibility index (Phi) is 9.80. The van der Waals surface area contributed by atoms with Crippen LogP contribution in [0.1, 0.15) is 10.4 Å². The molecule has 188 valence electrons. The molecule has 5 N–H and O–H groups in total. The number of aliphatic hydroxyl groups excluding tert-OH is 1. The Morgan fingerprint density at radius 2 is 1.33 bits per heavy atom. The van der Waals surface area contributed by atoms with Crippen molar-refractivity contribution in [1.29, 1.82) is 0 Å². The van der Waals surface area contributed by atoms with Gasteiger partial charge in [0.15, 0.2) is 6.04 Å². The van der Waals surface area contributed by atoms with Gasteiger partial charge >= 0.3 is 0 Å². The van der Waals surface area contributed by atoms with Crippen molar-refractivity contribution in [3.8, 4) is 22.6 Å². The van der Waals surface area contributed by atoms with E-state index in [-0.39, 0.29) is 31.9 Å². The molecule has 0 saturated carbocycles. The van der Waals surface area contributed by atoms with Gasteiger partial charge in [-0.25, -0.2) is 5.48 Å². The lowest BCUT2D eigenvalue weighted by atomic mass is 10.0. The number of aliphatic hydroxyl groups is 1. The highest BCUT2D eigenvalue weighted by molar-refractivity contribution is 6.08. The lowest BCUT2D eigenvalue weighted by Gasteiger charge is -2.17. The van der Waals surface area contributed by atoms with Gasteiger partial charge in [-0.15, -0.1) is 0 Å². The summed E-state index contributed by atoms with van der Waals surface area (Å²) in [6.07, 6.45) is 0. The quantitative estimate of drug-likeness (QED) is 0.111. The summed E-state index contributed by atoms with van der Waals surface area (Å²) in [4.78, 5) is 37.2. The molecular weight excluding hydrogens is 466 g/mol. The number of para-hydroxylation sites is 1. The summed E-state index contributed by atoms with van der Waals surface area (Å²) in [6, 6.07) is 21.1. The molecule has 0 heterocycles. The second kappa shape index (κ2) is 13.5. The monoisotopic (exact) mass is 493 g/mol. The number of amides is 3. The molecule has 3 aromatic rings. The minimum atomic E-state index is -1.65. The maximum atomic E-state index is 12.7. The molecule has 0 aliphatic carbocycles. The molecule has 3 amide bonds. The number of hydrogen-bond donors (Lipinski definition) is 5. The van der Waals surface area contributed by atoms with Crippen molar-refractivity contribution in [2.45, 2.75) is 6.04 Å². The summed E-state index contributed by atoms with van der Waals surface area (Å²) in [7, 11) is 0. The van der Waals surface area contributed by atoms with Gasteiger partial charge in [0.25, 0.3) is 17.7 Å². The van der Waals surface area contributed by atoms with E-state index in [1.807, 2.05) is 30.3 Å². The van der Waals surface area contributed by atoms with Crippen LogP contribution in [0.5, 0.6) is 11.5 Å². The maximum Gasteiger partial charge on any atom is 0.275 e. The molecule has 0 spiro atoms. The van der Waals surface area contributed by atoms with Crippen LogP contribution < -0.4 is 25.6 Å². The Labute approximate surface area is 207 Å². The number of carbonyl (C=O) groups excluding carboxylic acids is 3. The largest absolute Gasteiger partial charge is 0.492 e. The van der Waals surface area contributed by atoms with Crippen molar-refractivity contribution < 1.29 is 34.2 Å². The highest BCUT2D eigenvalue weighted by Crippen LogP contribution is 2.23. The van der Waals surface area contributed by atoms with Crippen molar-refractivity contribution in [3.05, 3.63) is 84.4 Å². The molecule has 36 heavy (non-hydrogen) atoms. The van der Waals surface area contributed by atoms with Crippen LogP contribution in [0.4, 0.5) is 0 Å². The fourth-order valence-electron chi connectivity index (χ4n) is 3.21. The molecule has 10 heteroatoms. The number of hydrogen-bond acceptors (Lipinski definition) is 7. The van der Waals surface area contributed by atoms with Crippen molar-refractivity contribution in [3.63, 3.8) is 0 Å². The van der Waals surface area contributed by atoms with E-state index in [1.54, 1.807) is 48.5 Å². The average Bonchev–Trinajstić information content (AvgIpc) is 2.93. The summed E-state index contributed by atoms with van der Waals surface area (Å²) in [5.74, 6) is -1.30. The molecular formula is C26H27N3O7. The Balaban J connectivity index is 1.57. The number of benzene rings is 3. The van der Waals surface area contributed by atoms with E-state index >= 15 is 0 Å². The summed E-state index contributed by atoms with van der Waals surface area (Å²) in [5.41, 5.74) is 3.33. The van der Waals surface area contributed by atoms with Gasteiger partial charge in [-0.2, -0.15) is 0 Å². The third-order valence-corrected chi connectivity index (χ3v) is 5.02. The first-order valence-electron chi connectivity index (χ1n) is 11.2. The maximum absolute atomic E-state index is 12.7. The van der Waals surface area contributed by atoms with Crippen LogP contribution in [-0.2, 0) is 9.59 Å². The van der Waals surface area contributed by atoms with E-state index in [9.17, 15) is 14.4 Å². The Morgan fingerprint density at radius 1 is 0.750 bits per heavy atom. The predicted molar refractivity (Wildman–Crippen MR) is 131 cm³/mol. The second-order valence-corrected chi connectivity index (χ2v) is 7.51. The highest BCUT2D eigenvalue weighted by atomic mass is 16.5. The lowest BCUT2D eigenvalue weighted by molar-refractivity contribution is -0.137. The molecule has 0 aliphatic heterocycles. The third kappa shape index (κ3) is 7.55. The standard InChI is InChI=1S/C26H27N3O7/c30-15-17-36-22-12-10-19(11-13-22)18-6-8-20(9-7-18)24(31)28-23(26(33)29-34)25(32)27-14-16-35-21-4-2-1-3-5-21/h1-13,23,30,34H,14-17H2,(H,27,32)(H,28,31)(H,29,33). The fourth-order valence-corrected chi connectivity index (χ4v) is 3.21. The predicted octanol–water partition coefficient (Wildman–Crippen LogP) is 1.52. The molecule has 0 aliphatic rings. The first-order valence-corrected chi connectivity index (χ1v) is 11.2. The van der Waals surface area contributed by atoms with E-state index < -0.39 is 23.8 Å². The molecule has 10 nitrogen and oxygen atoms in total. The smallest absolute Gasteiger partial charge is 0.275 e. The summed E-state index contributed by atoms with van der Waals surface area (Å²) >= 11 is 0. The summed E-state index contributed by atoms with van der Waals surface area (Å²) in [5, 5.41) is 22.7. The summed E-state index contributed by atoms with van der Waals surface area (Å²) in [6.45, 7) is 0.360. The topological polar surface area (TPSA) is 146 Å². The first-order chi connectivity index (χ1) is 17.5. The van der Waals surface area contributed by atoms with E-state index in [2.05, 4.69) is 10.6 Å². The van der Waals surface area contributed by atoms with E-state index in [0.29, 0.717) is 11.5 Å². The minimum Gasteiger partial charge on any atom is -0.492 e. The number of ether oxygens (including phenoxy) is 2. The van der Waals surface area contributed by atoms with Gasteiger partial charge in [0.2, 0.25) is 0 Å². The van der Waals surface area contributed by atoms with Crippen LogP contribution in [-0.4, -0.2) is 60.4 Å². The zero-order valence-electron chi connectivity index (χ0n) is 19.3. The van der Waals surface area contributed by atoms with Crippen LogP contribution in [0, 0.1) is 0 Å². The highest BCUT2D eigenvalue weighted by Gasteiger charge is 2.28. The van der Waals surface area contributed by atoms with Gasteiger partial charge in [-0.1, -0.05) is 42.5 Å². The van der Waals surface area contributed by atoms with Crippen molar-refractivity contribution in [1.82, 2.24) is 16.1 Å². The fraction of sp³-hybridized carbons (Fsp3) is 0.192. The Bertz CT molecular complexity index is 1140. The van der Waals surface area contributed by atoms with Crippen LogP contribution >= 0.6 is 0 Å². The average molecular weight is 494 g/mol. The Morgan fingerprint density at radius 3 is 1.94 bits per heavy atom. The van der Waals surface area contributed by atoms with Gasteiger partial charge in [-0.05, 0) is 47.5 Å². The van der Waals surface area contributed by atoms with Crippen LogP contribution in [0.15, 0.2) is 78.9 Å². The van der Waals surface area contributed by atoms with Crippen molar-refractivity contribution >= 4 is 17.7 Å². The Hall–Kier alpha value is -4.41.